The van der Waals surface area contributed by atoms with Gasteiger partial charge < -0.3 is 10.3 Å². The van der Waals surface area contributed by atoms with Crippen molar-refractivity contribution in [3.63, 3.8) is 0 Å². The van der Waals surface area contributed by atoms with Crippen molar-refractivity contribution < 1.29 is 9.72 Å². The second-order valence-electron chi connectivity index (χ2n) is 3.68. The minimum absolute atomic E-state index is 0.164. The summed E-state index contributed by atoms with van der Waals surface area (Å²) >= 11 is 0. The molecule has 1 aromatic heterocycles. The predicted octanol–water partition coefficient (Wildman–Crippen LogP) is 1.54. The molecule has 2 aromatic rings. The van der Waals surface area contributed by atoms with E-state index in [1.54, 1.807) is 30.3 Å². The Morgan fingerprint density at radius 2 is 1.95 bits per heavy atom. The van der Waals surface area contributed by atoms with Crippen LogP contribution in [0.15, 0.2) is 47.4 Å². The first-order valence-corrected chi connectivity index (χ1v) is 5.31. The Hall–Kier alpha value is -2.96. The van der Waals surface area contributed by atoms with Gasteiger partial charge in [-0.05, 0) is 12.1 Å². The molecular weight excluding hydrogens is 250 g/mol. The Bertz CT molecular complexity index is 679. The number of hydrogen-bond donors (Lipinski definition) is 2. The van der Waals surface area contributed by atoms with Crippen LogP contribution in [0.4, 0.5) is 11.4 Å². The molecule has 7 heteroatoms. The normalized spacial score (nSPS) is 9.89. The molecule has 0 aliphatic heterocycles. The summed E-state index contributed by atoms with van der Waals surface area (Å²) in [5.74, 6) is -0.508. The molecule has 1 amide bonds. The maximum atomic E-state index is 11.8. The third-order valence-electron chi connectivity index (χ3n) is 2.38. The first kappa shape index (κ1) is 12.5. The van der Waals surface area contributed by atoms with E-state index in [0.29, 0.717) is 5.56 Å². The number of H-pyrrole nitrogens is 1. The molecule has 0 bridgehead atoms. The monoisotopic (exact) mass is 259 g/mol. The quantitative estimate of drug-likeness (QED) is 0.644. The highest BCUT2D eigenvalue weighted by atomic mass is 16.6. The number of carbonyl (C=O) groups excluding carboxylic acids is 1. The van der Waals surface area contributed by atoms with Crippen LogP contribution in [0.25, 0.3) is 0 Å². The fourth-order valence-electron chi connectivity index (χ4n) is 1.45. The highest BCUT2D eigenvalue weighted by Gasteiger charge is 2.12. The molecule has 0 spiro atoms. The van der Waals surface area contributed by atoms with E-state index in [-0.39, 0.29) is 11.4 Å². The third kappa shape index (κ3) is 2.83. The Labute approximate surface area is 107 Å². The van der Waals surface area contributed by atoms with Crippen LogP contribution in [0.2, 0.25) is 0 Å². The van der Waals surface area contributed by atoms with Gasteiger partial charge in [-0.2, -0.15) is 0 Å². The number of benzene rings is 1. The molecule has 1 heterocycles. The standard InChI is InChI=1S/C12H9N3O4/c16-11(8-4-2-1-3-5-8)14-10-6-9(15(18)19)7-13-12(10)17/h1-7H,(H,13,17)(H,14,16). The van der Waals surface area contributed by atoms with Crippen molar-refractivity contribution in [2.24, 2.45) is 0 Å². The van der Waals surface area contributed by atoms with Crippen molar-refractivity contribution in [1.82, 2.24) is 4.98 Å². The molecule has 7 nitrogen and oxygen atoms in total. The Kier molecular flexibility index (Phi) is 3.37. The number of nitrogens with zero attached hydrogens (tertiary/aromatic N) is 1. The summed E-state index contributed by atoms with van der Waals surface area (Å²) in [6.07, 6.45) is 0.973. The number of carbonyl (C=O) groups is 1. The van der Waals surface area contributed by atoms with Crippen LogP contribution in [0.5, 0.6) is 0 Å². The molecular formula is C12H9N3O4. The zero-order valence-corrected chi connectivity index (χ0v) is 9.62. The lowest BCUT2D eigenvalue weighted by Gasteiger charge is -2.03. The SMILES string of the molecule is O=C(Nc1cc([N+](=O)[O-])c[nH]c1=O)c1ccccc1. The van der Waals surface area contributed by atoms with Gasteiger partial charge in [0.2, 0.25) is 0 Å². The minimum atomic E-state index is -0.659. The molecule has 0 aliphatic rings. The zero-order chi connectivity index (χ0) is 13.8. The van der Waals surface area contributed by atoms with E-state index in [1.807, 2.05) is 0 Å². The number of aromatic amines is 1. The fourth-order valence-corrected chi connectivity index (χ4v) is 1.45. The number of hydrogen-bond acceptors (Lipinski definition) is 4. The maximum absolute atomic E-state index is 11.8. The van der Waals surface area contributed by atoms with Gasteiger partial charge in [0.05, 0.1) is 11.1 Å². The van der Waals surface area contributed by atoms with Gasteiger partial charge in [-0.3, -0.25) is 19.7 Å². The fraction of sp³-hybridized carbons (Fsp3) is 0. The van der Waals surface area contributed by atoms with Gasteiger partial charge in [0.15, 0.2) is 0 Å². The van der Waals surface area contributed by atoms with Crippen LogP contribution < -0.4 is 10.9 Å². The van der Waals surface area contributed by atoms with Crippen LogP contribution in [0.3, 0.4) is 0 Å². The summed E-state index contributed by atoms with van der Waals surface area (Å²) < 4.78 is 0. The highest BCUT2D eigenvalue weighted by molar-refractivity contribution is 6.04. The molecule has 96 valence electrons. The van der Waals surface area contributed by atoms with E-state index in [1.165, 1.54) is 0 Å². The number of nitrogens with one attached hydrogen (secondary N) is 2. The number of pyridine rings is 1. The Morgan fingerprint density at radius 1 is 1.26 bits per heavy atom. The molecule has 0 fully saturated rings. The molecule has 19 heavy (non-hydrogen) atoms. The highest BCUT2D eigenvalue weighted by Crippen LogP contribution is 2.12. The Morgan fingerprint density at radius 3 is 2.58 bits per heavy atom. The van der Waals surface area contributed by atoms with Crippen molar-refractivity contribution >= 4 is 17.3 Å². The van der Waals surface area contributed by atoms with Gasteiger partial charge in [-0.1, -0.05) is 18.2 Å². The van der Waals surface area contributed by atoms with E-state index in [0.717, 1.165) is 12.3 Å². The summed E-state index contributed by atoms with van der Waals surface area (Å²) in [4.78, 5) is 35.4. The van der Waals surface area contributed by atoms with Gasteiger partial charge in [0.1, 0.15) is 5.69 Å². The van der Waals surface area contributed by atoms with Crippen molar-refractivity contribution in [3.05, 3.63) is 68.6 Å². The molecule has 0 saturated carbocycles. The second kappa shape index (κ2) is 5.13. The van der Waals surface area contributed by atoms with Crippen molar-refractivity contribution in [3.8, 4) is 0 Å². The van der Waals surface area contributed by atoms with E-state index >= 15 is 0 Å². The molecule has 0 aliphatic carbocycles. The lowest BCUT2D eigenvalue weighted by atomic mass is 10.2. The smallest absolute Gasteiger partial charge is 0.287 e. The lowest BCUT2D eigenvalue weighted by Crippen LogP contribution is -2.19. The van der Waals surface area contributed by atoms with Gasteiger partial charge in [-0.25, -0.2) is 0 Å². The first-order valence-electron chi connectivity index (χ1n) is 5.31. The third-order valence-corrected chi connectivity index (χ3v) is 2.38. The summed E-state index contributed by atoms with van der Waals surface area (Å²) in [6.45, 7) is 0. The summed E-state index contributed by atoms with van der Waals surface area (Å²) in [6, 6.07) is 9.25. The van der Waals surface area contributed by atoms with Crippen LogP contribution in [0, 0.1) is 10.1 Å². The lowest BCUT2D eigenvalue weighted by molar-refractivity contribution is -0.385. The predicted molar refractivity (Wildman–Crippen MR) is 68.1 cm³/mol. The van der Waals surface area contributed by atoms with Crippen LogP contribution in [-0.2, 0) is 0 Å². The van der Waals surface area contributed by atoms with Crippen molar-refractivity contribution in [1.29, 1.82) is 0 Å². The van der Waals surface area contributed by atoms with Crippen LogP contribution >= 0.6 is 0 Å². The first-order chi connectivity index (χ1) is 9.08. The second-order valence-corrected chi connectivity index (χ2v) is 3.68. The van der Waals surface area contributed by atoms with Gasteiger partial charge >= 0.3 is 0 Å². The average molecular weight is 259 g/mol. The van der Waals surface area contributed by atoms with E-state index in [9.17, 15) is 19.7 Å². The molecule has 0 atom stereocenters. The molecule has 1 aromatic carbocycles. The molecule has 2 N–H and O–H groups in total. The number of rotatable bonds is 3. The van der Waals surface area contributed by atoms with Crippen molar-refractivity contribution in [2.45, 2.75) is 0 Å². The summed E-state index contributed by atoms with van der Waals surface area (Å²) in [5.41, 5.74) is -0.714. The summed E-state index contributed by atoms with van der Waals surface area (Å²) in [7, 11) is 0. The molecule has 2 rings (SSSR count). The largest absolute Gasteiger partial charge is 0.321 e. The number of nitro groups is 1. The van der Waals surface area contributed by atoms with Crippen LogP contribution in [-0.4, -0.2) is 15.8 Å². The topological polar surface area (TPSA) is 105 Å². The van der Waals surface area contributed by atoms with Crippen molar-refractivity contribution in [2.75, 3.05) is 5.32 Å². The van der Waals surface area contributed by atoms with E-state index in [2.05, 4.69) is 10.3 Å². The number of amides is 1. The maximum Gasteiger partial charge on any atom is 0.287 e. The number of aromatic nitrogens is 1. The molecule has 0 radical (unpaired) electrons. The molecule has 0 saturated heterocycles. The molecule has 0 unspecified atom stereocenters. The number of anilines is 1. The Balaban J connectivity index is 2.29. The van der Waals surface area contributed by atoms with Gasteiger partial charge in [0.25, 0.3) is 17.2 Å². The van der Waals surface area contributed by atoms with Gasteiger partial charge in [0, 0.05) is 11.6 Å². The summed E-state index contributed by atoms with van der Waals surface area (Å²) in [5, 5.41) is 12.9. The average Bonchev–Trinajstić information content (AvgIpc) is 2.42. The van der Waals surface area contributed by atoms with Crippen LogP contribution in [0.1, 0.15) is 10.4 Å². The van der Waals surface area contributed by atoms with Gasteiger partial charge in [-0.15, -0.1) is 0 Å². The minimum Gasteiger partial charge on any atom is -0.321 e. The van der Waals surface area contributed by atoms with E-state index < -0.39 is 16.4 Å². The zero-order valence-electron chi connectivity index (χ0n) is 9.62. The van der Waals surface area contributed by atoms with E-state index in [4.69, 9.17) is 0 Å².